The van der Waals surface area contributed by atoms with Crippen LogP contribution >= 0.6 is 0 Å². The molecule has 0 aromatic carbocycles. The fourth-order valence-corrected chi connectivity index (χ4v) is 3.26. The Morgan fingerprint density at radius 3 is 2.56 bits per heavy atom. The molecule has 0 aliphatic carbocycles. The number of guanidine groups is 1. The summed E-state index contributed by atoms with van der Waals surface area (Å²) in [4.78, 5) is 27.7. The van der Waals surface area contributed by atoms with Gasteiger partial charge in [0, 0.05) is 52.9 Å². The normalized spacial score (nSPS) is 19.4. The average molecular weight is 378 g/mol. The van der Waals surface area contributed by atoms with Gasteiger partial charge >= 0.3 is 0 Å². The Hall–Kier alpha value is -2.20. The monoisotopic (exact) mass is 378 g/mol. The Labute approximate surface area is 160 Å². The molecule has 2 saturated heterocycles. The van der Waals surface area contributed by atoms with Crippen molar-refractivity contribution >= 4 is 11.9 Å². The van der Waals surface area contributed by atoms with Crippen LogP contribution < -0.4 is 5.32 Å². The summed E-state index contributed by atoms with van der Waals surface area (Å²) in [6, 6.07) is 0. The van der Waals surface area contributed by atoms with Gasteiger partial charge in [0.05, 0.1) is 19.8 Å². The molecule has 10 heteroatoms. The number of rotatable bonds is 5. The van der Waals surface area contributed by atoms with E-state index in [-0.39, 0.29) is 5.91 Å². The van der Waals surface area contributed by atoms with E-state index in [0.717, 1.165) is 44.5 Å². The lowest BCUT2D eigenvalue weighted by atomic mass is 10.3. The Morgan fingerprint density at radius 2 is 1.93 bits per heavy atom. The number of hydrogen-bond donors (Lipinski definition) is 1. The molecule has 27 heavy (non-hydrogen) atoms. The molecule has 10 nitrogen and oxygen atoms in total. The van der Waals surface area contributed by atoms with Crippen LogP contribution in [0.3, 0.4) is 0 Å². The molecule has 3 heterocycles. The van der Waals surface area contributed by atoms with Crippen LogP contribution in [-0.2, 0) is 23.1 Å². The van der Waals surface area contributed by atoms with Crippen LogP contribution in [0.4, 0.5) is 0 Å². The van der Waals surface area contributed by atoms with Gasteiger partial charge in [-0.05, 0) is 6.92 Å². The minimum absolute atomic E-state index is 0.203. The minimum Gasteiger partial charge on any atom is -0.378 e. The third kappa shape index (κ3) is 5.39. The Bertz CT molecular complexity index is 633. The van der Waals surface area contributed by atoms with Crippen molar-refractivity contribution in [3.8, 4) is 0 Å². The van der Waals surface area contributed by atoms with Gasteiger partial charge < -0.3 is 19.9 Å². The average Bonchev–Trinajstić information content (AvgIpc) is 3.11. The molecule has 1 aromatic rings. The standard InChI is InChI=1S/C17H30N8O2/c1-3-18-17(19-12-15-20-14-21-22(15)2)25-6-4-23(5-7-25)13-16(26)24-8-10-27-11-9-24/h14H,3-13H2,1-2H3,(H,18,19). The number of nitrogens with one attached hydrogen (secondary N) is 1. The van der Waals surface area contributed by atoms with Gasteiger partial charge in [0.1, 0.15) is 18.7 Å². The third-order valence-corrected chi connectivity index (χ3v) is 4.90. The fourth-order valence-electron chi connectivity index (χ4n) is 3.26. The molecule has 0 radical (unpaired) electrons. The quantitative estimate of drug-likeness (QED) is 0.506. The van der Waals surface area contributed by atoms with Gasteiger partial charge in [-0.3, -0.25) is 14.4 Å². The summed E-state index contributed by atoms with van der Waals surface area (Å²) in [5.41, 5.74) is 0. The molecular weight excluding hydrogens is 348 g/mol. The summed E-state index contributed by atoms with van der Waals surface area (Å²) < 4.78 is 7.05. The highest BCUT2D eigenvalue weighted by molar-refractivity contribution is 5.80. The molecule has 3 rings (SSSR count). The van der Waals surface area contributed by atoms with Crippen LogP contribution in [0.2, 0.25) is 0 Å². The summed E-state index contributed by atoms with van der Waals surface area (Å²) in [5.74, 6) is 1.93. The van der Waals surface area contributed by atoms with E-state index >= 15 is 0 Å². The largest absolute Gasteiger partial charge is 0.378 e. The van der Waals surface area contributed by atoms with Crippen LogP contribution in [0, 0.1) is 0 Å². The molecule has 2 aliphatic heterocycles. The van der Waals surface area contributed by atoms with Crippen molar-refractivity contribution in [3.63, 3.8) is 0 Å². The molecule has 1 N–H and O–H groups in total. The van der Waals surface area contributed by atoms with Crippen molar-refractivity contribution in [2.75, 3.05) is 65.6 Å². The van der Waals surface area contributed by atoms with Crippen molar-refractivity contribution in [1.29, 1.82) is 0 Å². The van der Waals surface area contributed by atoms with E-state index < -0.39 is 0 Å². The number of hydrogen-bond acceptors (Lipinski definition) is 6. The van der Waals surface area contributed by atoms with Crippen LogP contribution in [0.15, 0.2) is 11.3 Å². The van der Waals surface area contributed by atoms with Gasteiger partial charge in [0.15, 0.2) is 5.96 Å². The second-order valence-corrected chi connectivity index (χ2v) is 6.73. The lowest BCUT2D eigenvalue weighted by Gasteiger charge is -2.37. The molecule has 2 aliphatic rings. The molecule has 150 valence electrons. The molecule has 0 atom stereocenters. The lowest BCUT2D eigenvalue weighted by Crippen LogP contribution is -2.54. The van der Waals surface area contributed by atoms with Gasteiger partial charge in [-0.15, -0.1) is 0 Å². The van der Waals surface area contributed by atoms with E-state index in [1.54, 1.807) is 11.0 Å². The zero-order chi connectivity index (χ0) is 19.1. The molecule has 0 unspecified atom stereocenters. The number of carbonyl (C=O) groups excluding carboxylic acids is 1. The number of nitrogens with zero attached hydrogens (tertiary/aromatic N) is 7. The van der Waals surface area contributed by atoms with Crippen LogP contribution in [0.1, 0.15) is 12.7 Å². The summed E-state index contributed by atoms with van der Waals surface area (Å²) in [5, 5.41) is 7.43. The zero-order valence-corrected chi connectivity index (χ0v) is 16.3. The Morgan fingerprint density at radius 1 is 1.19 bits per heavy atom. The highest BCUT2D eigenvalue weighted by Crippen LogP contribution is 2.06. The van der Waals surface area contributed by atoms with Crippen molar-refractivity contribution in [2.45, 2.75) is 13.5 Å². The maximum atomic E-state index is 12.4. The van der Waals surface area contributed by atoms with Gasteiger partial charge in [-0.25, -0.2) is 9.98 Å². The highest BCUT2D eigenvalue weighted by atomic mass is 16.5. The molecular formula is C17H30N8O2. The maximum Gasteiger partial charge on any atom is 0.236 e. The van der Waals surface area contributed by atoms with Crippen LogP contribution in [0.5, 0.6) is 0 Å². The maximum absolute atomic E-state index is 12.4. The highest BCUT2D eigenvalue weighted by Gasteiger charge is 2.24. The van der Waals surface area contributed by atoms with Gasteiger partial charge in [0.25, 0.3) is 0 Å². The number of ether oxygens (including phenoxy) is 1. The number of piperazine rings is 1. The van der Waals surface area contributed by atoms with Crippen LogP contribution in [-0.4, -0.2) is 107 Å². The van der Waals surface area contributed by atoms with E-state index in [9.17, 15) is 4.79 Å². The number of amides is 1. The SMILES string of the molecule is CCNC(=NCc1ncnn1C)N1CCN(CC(=O)N2CCOCC2)CC1. The van der Waals surface area contributed by atoms with E-state index in [1.165, 1.54) is 0 Å². The molecule has 0 spiro atoms. The molecule has 1 amide bonds. The number of aryl methyl sites for hydroxylation is 1. The van der Waals surface area contributed by atoms with Crippen molar-refractivity contribution < 1.29 is 9.53 Å². The second kappa shape index (κ2) is 9.65. The van der Waals surface area contributed by atoms with Crippen molar-refractivity contribution in [3.05, 3.63) is 12.2 Å². The van der Waals surface area contributed by atoms with Crippen molar-refractivity contribution in [1.82, 2.24) is 34.8 Å². The summed E-state index contributed by atoms with van der Waals surface area (Å²) in [7, 11) is 1.87. The number of aromatic nitrogens is 3. The smallest absolute Gasteiger partial charge is 0.236 e. The summed E-state index contributed by atoms with van der Waals surface area (Å²) in [6.45, 7) is 9.96. The number of aliphatic imine (C=N–C) groups is 1. The van der Waals surface area contributed by atoms with Gasteiger partial charge in [0.2, 0.25) is 5.91 Å². The predicted octanol–water partition coefficient (Wildman–Crippen LogP) is -1.24. The first-order chi connectivity index (χ1) is 13.2. The zero-order valence-electron chi connectivity index (χ0n) is 16.3. The summed E-state index contributed by atoms with van der Waals surface area (Å²) >= 11 is 0. The fraction of sp³-hybridized carbons (Fsp3) is 0.765. The minimum atomic E-state index is 0.203. The van der Waals surface area contributed by atoms with Gasteiger partial charge in [-0.1, -0.05) is 0 Å². The van der Waals surface area contributed by atoms with Crippen LogP contribution in [0.25, 0.3) is 0 Å². The predicted molar refractivity (Wildman–Crippen MR) is 101 cm³/mol. The second-order valence-electron chi connectivity index (χ2n) is 6.73. The van der Waals surface area contributed by atoms with E-state index in [2.05, 4.69) is 32.1 Å². The molecule has 0 bridgehead atoms. The molecule has 0 saturated carbocycles. The topological polar surface area (TPSA) is 91.1 Å². The third-order valence-electron chi connectivity index (χ3n) is 4.90. The first kappa shape index (κ1) is 19.6. The number of morpholine rings is 1. The summed E-state index contributed by atoms with van der Waals surface area (Å²) in [6.07, 6.45) is 1.54. The number of carbonyl (C=O) groups is 1. The van der Waals surface area contributed by atoms with E-state index in [4.69, 9.17) is 9.73 Å². The molecule has 2 fully saturated rings. The molecule has 1 aromatic heterocycles. The van der Waals surface area contributed by atoms with E-state index in [0.29, 0.717) is 39.4 Å². The first-order valence-electron chi connectivity index (χ1n) is 9.61. The Balaban J connectivity index is 1.49. The first-order valence-corrected chi connectivity index (χ1v) is 9.61. The van der Waals surface area contributed by atoms with Gasteiger partial charge in [-0.2, -0.15) is 5.10 Å². The Kier molecular flexibility index (Phi) is 6.99. The lowest BCUT2D eigenvalue weighted by molar-refractivity contribution is -0.136. The van der Waals surface area contributed by atoms with Crippen molar-refractivity contribution in [2.24, 2.45) is 12.0 Å². The van der Waals surface area contributed by atoms with E-state index in [1.807, 2.05) is 11.9 Å².